The summed E-state index contributed by atoms with van der Waals surface area (Å²) in [6, 6.07) is 19.0. The van der Waals surface area contributed by atoms with Gasteiger partial charge >= 0.3 is 0 Å². The van der Waals surface area contributed by atoms with E-state index in [4.69, 9.17) is 4.42 Å². The lowest BCUT2D eigenvalue weighted by Gasteiger charge is -2.11. The molecular formula is C23H19N2O+. The van der Waals surface area contributed by atoms with Gasteiger partial charge in [0.05, 0.1) is 12.6 Å². The fraction of sp³-hybridized carbons (Fsp3) is 0.130. The number of fused-ring (bicyclic) bond motifs is 5. The van der Waals surface area contributed by atoms with Gasteiger partial charge in [0, 0.05) is 23.8 Å². The maximum absolute atomic E-state index is 6.39. The van der Waals surface area contributed by atoms with Gasteiger partial charge in [-0.2, -0.15) is 0 Å². The first kappa shape index (κ1) is 15.1. The molecule has 3 nitrogen and oxygen atoms in total. The number of hydrogen-bond donors (Lipinski definition) is 0. The molecule has 0 aliphatic rings. The van der Waals surface area contributed by atoms with Gasteiger partial charge in [-0.05, 0) is 29.3 Å². The molecular weight excluding hydrogens is 320 g/mol. The Morgan fingerprint density at radius 3 is 2.38 bits per heavy atom. The standard InChI is InChI=1S/C23H19N2O/c1-14-12-19(25(3)13-24-14)21-15(2)16-8-4-5-9-17(16)22-18-10-6-7-11-20(18)26-23(21)22/h4-13H,1-3H3/q+1. The van der Waals surface area contributed by atoms with Crippen molar-refractivity contribution in [2.45, 2.75) is 13.8 Å². The molecule has 5 aromatic rings. The Hall–Kier alpha value is -3.20. The van der Waals surface area contributed by atoms with Crippen molar-refractivity contribution in [2.75, 3.05) is 0 Å². The Balaban J connectivity index is 2.09. The minimum absolute atomic E-state index is 0.924. The third kappa shape index (κ3) is 2.00. The topological polar surface area (TPSA) is 29.9 Å². The van der Waals surface area contributed by atoms with Crippen LogP contribution in [0.2, 0.25) is 0 Å². The van der Waals surface area contributed by atoms with E-state index in [0.717, 1.165) is 33.5 Å². The van der Waals surface area contributed by atoms with Crippen LogP contribution in [0, 0.1) is 13.8 Å². The number of nitrogens with zero attached hydrogens (tertiary/aromatic N) is 2. The van der Waals surface area contributed by atoms with Crippen LogP contribution in [0.3, 0.4) is 0 Å². The largest absolute Gasteiger partial charge is 0.455 e. The van der Waals surface area contributed by atoms with Crippen molar-refractivity contribution < 1.29 is 8.98 Å². The average Bonchev–Trinajstić information content (AvgIpc) is 3.04. The first-order valence-corrected chi connectivity index (χ1v) is 8.80. The van der Waals surface area contributed by atoms with Crippen molar-refractivity contribution in [3.63, 3.8) is 0 Å². The maximum Gasteiger partial charge on any atom is 0.286 e. The van der Waals surface area contributed by atoms with Gasteiger partial charge in [-0.25, -0.2) is 4.57 Å². The second-order valence-electron chi connectivity index (χ2n) is 6.87. The van der Waals surface area contributed by atoms with E-state index in [1.807, 2.05) is 32.4 Å². The quantitative estimate of drug-likeness (QED) is 0.391. The van der Waals surface area contributed by atoms with Crippen LogP contribution >= 0.6 is 0 Å². The number of aryl methyl sites for hydroxylation is 3. The van der Waals surface area contributed by atoms with Crippen LogP contribution in [0.4, 0.5) is 0 Å². The Morgan fingerprint density at radius 2 is 1.58 bits per heavy atom. The van der Waals surface area contributed by atoms with Gasteiger partial charge in [0.15, 0.2) is 5.69 Å². The Bertz CT molecular complexity index is 1310. The minimum atomic E-state index is 0.924. The predicted octanol–water partition coefficient (Wildman–Crippen LogP) is 5.24. The highest BCUT2D eigenvalue weighted by Crippen LogP contribution is 2.42. The molecule has 0 saturated heterocycles. The molecule has 0 unspecified atom stereocenters. The van der Waals surface area contributed by atoms with Gasteiger partial charge in [0.2, 0.25) is 0 Å². The summed E-state index contributed by atoms with van der Waals surface area (Å²) in [7, 11) is 2.03. The molecule has 0 spiro atoms. The second kappa shape index (κ2) is 5.40. The molecule has 126 valence electrons. The minimum Gasteiger partial charge on any atom is -0.455 e. The molecule has 0 N–H and O–H groups in total. The van der Waals surface area contributed by atoms with Crippen molar-refractivity contribution in [1.82, 2.24) is 4.98 Å². The zero-order valence-electron chi connectivity index (χ0n) is 15.1. The maximum atomic E-state index is 6.39. The summed E-state index contributed by atoms with van der Waals surface area (Å²) in [5.41, 5.74) is 6.35. The van der Waals surface area contributed by atoms with Gasteiger partial charge in [0.1, 0.15) is 16.9 Å². The molecule has 5 rings (SSSR count). The second-order valence-corrected chi connectivity index (χ2v) is 6.87. The summed E-state index contributed by atoms with van der Waals surface area (Å²) in [6.07, 6.45) is 1.87. The van der Waals surface area contributed by atoms with Crippen LogP contribution in [0.15, 0.2) is 65.3 Å². The lowest BCUT2D eigenvalue weighted by atomic mass is 9.93. The number of hydrogen-bond acceptors (Lipinski definition) is 2. The summed E-state index contributed by atoms with van der Waals surface area (Å²) in [5, 5.41) is 4.85. The van der Waals surface area contributed by atoms with Crippen molar-refractivity contribution in [3.8, 4) is 11.3 Å². The zero-order valence-corrected chi connectivity index (χ0v) is 15.1. The zero-order chi connectivity index (χ0) is 17.8. The molecule has 26 heavy (non-hydrogen) atoms. The van der Waals surface area contributed by atoms with Gasteiger partial charge in [-0.1, -0.05) is 47.4 Å². The molecule has 3 aromatic carbocycles. The molecule has 0 atom stereocenters. The molecule has 2 aromatic heterocycles. The molecule has 0 saturated carbocycles. The van der Waals surface area contributed by atoms with Crippen LogP contribution in [-0.2, 0) is 7.05 Å². The van der Waals surface area contributed by atoms with Crippen molar-refractivity contribution in [3.05, 3.63) is 72.2 Å². The van der Waals surface area contributed by atoms with Gasteiger partial charge in [-0.3, -0.25) is 0 Å². The Kier molecular flexibility index (Phi) is 3.13. The highest BCUT2D eigenvalue weighted by molar-refractivity contribution is 6.23. The van der Waals surface area contributed by atoms with Gasteiger partial charge < -0.3 is 4.42 Å². The van der Waals surface area contributed by atoms with E-state index < -0.39 is 0 Å². The third-order valence-electron chi connectivity index (χ3n) is 5.21. The number of benzene rings is 3. The van der Waals surface area contributed by atoms with Crippen molar-refractivity contribution in [1.29, 1.82) is 0 Å². The van der Waals surface area contributed by atoms with Crippen LogP contribution < -0.4 is 4.57 Å². The molecule has 0 bridgehead atoms. The fourth-order valence-electron chi connectivity index (χ4n) is 3.96. The highest BCUT2D eigenvalue weighted by Gasteiger charge is 2.22. The summed E-state index contributed by atoms with van der Waals surface area (Å²) in [6.45, 7) is 4.20. The molecule has 3 heteroatoms. The van der Waals surface area contributed by atoms with Gasteiger partial charge in [0.25, 0.3) is 6.33 Å². The smallest absolute Gasteiger partial charge is 0.286 e. The van der Waals surface area contributed by atoms with E-state index in [1.165, 1.54) is 21.7 Å². The van der Waals surface area contributed by atoms with E-state index in [1.54, 1.807) is 0 Å². The molecule has 0 radical (unpaired) electrons. The van der Waals surface area contributed by atoms with Crippen LogP contribution in [0.25, 0.3) is 44.0 Å². The lowest BCUT2D eigenvalue weighted by molar-refractivity contribution is -0.663. The van der Waals surface area contributed by atoms with E-state index >= 15 is 0 Å². The van der Waals surface area contributed by atoms with E-state index in [-0.39, 0.29) is 0 Å². The highest BCUT2D eigenvalue weighted by atomic mass is 16.3. The third-order valence-corrected chi connectivity index (χ3v) is 5.21. The number of aromatic nitrogens is 2. The van der Waals surface area contributed by atoms with Crippen molar-refractivity contribution >= 4 is 32.7 Å². The van der Waals surface area contributed by atoms with E-state index in [0.29, 0.717) is 0 Å². The number of furan rings is 1. The van der Waals surface area contributed by atoms with Crippen molar-refractivity contribution in [2.24, 2.45) is 7.05 Å². The molecule has 0 aliphatic carbocycles. The lowest BCUT2D eigenvalue weighted by Crippen LogP contribution is -2.31. The summed E-state index contributed by atoms with van der Waals surface area (Å²) in [4.78, 5) is 4.41. The summed E-state index contributed by atoms with van der Waals surface area (Å²) < 4.78 is 8.45. The van der Waals surface area contributed by atoms with E-state index in [9.17, 15) is 0 Å². The SMILES string of the molecule is Cc1cc(-c2c(C)c3ccccc3c3c2oc2ccccc23)[n+](C)cn1. The van der Waals surface area contributed by atoms with Crippen LogP contribution in [-0.4, -0.2) is 4.98 Å². The Morgan fingerprint density at radius 1 is 0.885 bits per heavy atom. The number of para-hydroxylation sites is 1. The monoisotopic (exact) mass is 339 g/mol. The normalized spacial score (nSPS) is 11.7. The molecule has 0 amide bonds. The average molecular weight is 339 g/mol. The summed E-state index contributed by atoms with van der Waals surface area (Å²) in [5.74, 6) is 0. The predicted molar refractivity (Wildman–Crippen MR) is 105 cm³/mol. The fourth-order valence-corrected chi connectivity index (χ4v) is 3.96. The van der Waals surface area contributed by atoms with E-state index in [2.05, 4.69) is 58.9 Å². The first-order chi connectivity index (χ1) is 12.6. The van der Waals surface area contributed by atoms with Crippen LogP contribution in [0.5, 0.6) is 0 Å². The molecule has 0 fully saturated rings. The Labute approximate surface area is 151 Å². The summed E-state index contributed by atoms with van der Waals surface area (Å²) >= 11 is 0. The molecule has 0 aliphatic heterocycles. The molecule has 2 heterocycles. The van der Waals surface area contributed by atoms with Crippen LogP contribution in [0.1, 0.15) is 11.3 Å². The first-order valence-electron chi connectivity index (χ1n) is 8.80. The van der Waals surface area contributed by atoms with Gasteiger partial charge in [-0.15, -0.1) is 0 Å². The number of rotatable bonds is 1.